The number of hydrogen-bond donors (Lipinski definition) is 1. The second kappa shape index (κ2) is 6.21. The molecule has 20 heavy (non-hydrogen) atoms. The van der Waals surface area contributed by atoms with Crippen molar-refractivity contribution in [3.05, 3.63) is 47.5 Å². The van der Waals surface area contributed by atoms with Gasteiger partial charge in [-0.25, -0.2) is 0 Å². The van der Waals surface area contributed by atoms with Crippen molar-refractivity contribution in [3.63, 3.8) is 0 Å². The van der Waals surface area contributed by atoms with Crippen molar-refractivity contribution in [3.8, 4) is 6.07 Å². The lowest BCUT2D eigenvalue weighted by Gasteiger charge is -2.09. The fraction of sp³-hybridized carbons (Fsp3) is 0.294. The SMILES string of the molecule is CCC(C#N)C(=O)NCc1ccc2cc(C)ccc2c1. The van der Waals surface area contributed by atoms with Gasteiger partial charge in [-0.1, -0.05) is 42.8 Å². The van der Waals surface area contributed by atoms with E-state index in [2.05, 4.69) is 42.6 Å². The van der Waals surface area contributed by atoms with Crippen LogP contribution in [0.1, 0.15) is 24.5 Å². The van der Waals surface area contributed by atoms with Gasteiger partial charge in [0.1, 0.15) is 5.92 Å². The van der Waals surface area contributed by atoms with Crippen LogP contribution in [0.4, 0.5) is 0 Å². The first-order valence-electron chi connectivity index (χ1n) is 6.80. The van der Waals surface area contributed by atoms with Gasteiger partial charge in [0.05, 0.1) is 6.07 Å². The molecule has 3 heteroatoms. The molecule has 0 radical (unpaired) electrons. The van der Waals surface area contributed by atoms with Gasteiger partial charge in [0.15, 0.2) is 0 Å². The Kier molecular flexibility index (Phi) is 4.37. The molecular weight excluding hydrogens is 248 g/mol. The van der Waals surface area contributed by atoms with E-state index in [4.69, 9.17) is 5.26 Å². The molecule has 0 aliphatic carbocycles. The Balaban J connectivity index is 2.09. The second-order valence-electron chi connectivity index (χ2n) is 4.99. The van der Waals surface area contributed by atoms with Crippen LogP contribution in [-0.2, 0) is 11.3 Å². The summed E-state index contributed by atoms with van der Waals surface area (Å²) in [5.41, 5.74) is 2.28. The van der Waals surface area contributed by atoms with E-state index in [1.165, 1.54) is 10.9 Å². The molecule has 0 saturated heterocycles. The average molecular weight is 266 g/mol. The third-order valence-corrected chi connectivity index (χ3v) is 3.41. The van der Waals surface area contributed by atoms with Gasteiger partial charge in [0, 0.05) is 6.54 Å². The molecule has 1 atom stereocenters. The number of fused-ring (bicyclic) bond motifs is 1. The highest BCUT2D eigenvalue weighted by Gasteiger charge is 2.14. The molecule has 1 amide bonds. The zero-order valence-corrected chi connectivity index (χ0v) is 11.8. The fourth-order valence-electron chi connectivity index (χ4n) is 2.17. The summed E-state index contributed by atoms with van der Waals surface area (Å²) in [5, 5.41) is 14.0. The van der Waals surface area contributed by atoms with Gasteiger partial charge >= 0.3 is 0 Å². The highest BCUT2D eigenvalue weighted by atomic mass is 16.1. The van der Waals surface area contributed by atoms with E-state index in [0.717, 1.165) is 10.9 Å². The van der Waals surface area contributed by atoms with E-state index in [-0.39, 0.29) is 5.91 Å². The van der Waals surface area contributed by atoms with Crippen LogP contribution in [-0.4, -0.2) is 5.91 Å². The zero-order chi connectivity index (χ0) is 14.5. The minimum Gasteiger partial charge on any atom is -0.351 e. The summed E-state index contributed by atoms with van der Waals surface area (Å²) in [6, 6.07) is 14.5. The van der Waals surface area contributed by atoms with E-state index in [0.29, 0.717) is 13.0 Å². The minimum atomic E-state index is -0.557. The molecular formula is C17H18N2O. The molecule has 3 nitrogen and oxygen atoms in total. The maximum atomic E-state index is 11.8. The number of hydrogen-bond acceptors (Lipinski definition) is 2. The van der Waals surface area contributed by atoms with Crippen molar-refractivity contribution in [2.24, 2.45) is 5.92 Å². The monoisotopic (exact) mass is 266 g/mol. The van der Waals surface area contributed by atoms with Gasteiger partial charge < -0.3 is 5.32 Å². The van der Waals surface area contributed by atoms with Crippen molar-refractivity contribution >= 4 is 16.7 Å². The third-order valence-electron chi connectivity index (χ3n) is 3.41. The molecule has 0 bridgehead atoms. The number of carbonyl (C=O) groups excluding carboxylic acids is 1. The van der Waals surface area contributed by atoms with Gasteiger partial charge in [-0.05, 0) is 35.7 Å². The Bertz CT molecular complexity index is 670. The molecule has 0 aliphatic rings. The number of nitriles is 1. The highest BCUT2D eigenvalue weighted by molar-refractivity contribution is 5.84. The summed E-state index contributed by atoms with van der Waals surface area (Å²) in [5.74, 6) is -0.753. The highest BCUT2D eigenvalue weighted by Crippen LogP contribution is 2.17. The van der Waals surface area contributed by atoms with E-state index in [1.807, 2.05) is 19.1 Å². The molecule has 0 heterocycles. The Morgan fingerprint density at radius 2 is 1.95 bits per heavy atom. The van der Waals surface area contributed by atoms with Gasteiger partial charge in [0.25, 0.3) is 0 Å². The van der Waals surface area contributed by atoms with Crippen LogP contribution >= 0.6 is 0 Å². The maximum absolute atomic E-state index is 11.8. The first-order chi connectivity index (χ1) is 9.63. The Hall–Kier alpha value is -2.34. The molecule has 1 N–H and O–H groups in total. The van der Waals surface area contributed by atoms with Gasteiger partial charge in [-0.3, -0.25) is 4.79 Å². The summed E-state index contributed by atoms with van der Waals surface area (Å²) in [7, 11) is 0. The average Bonchev–Trinajstić information content (AvgIpc) is 2.46. The van der Waals surface area contributed by atoms with E-state index >= 15 is 0 Å². The molecule has 2 rings (SSSR count). The van der Waals surface area contributed by atoms with Crippen molar-refractivity contribution in [1.82, 2.24) is 5.32 Å². The molecule has 0 aliphatic heterocycles. The first kappa shape index (κ1) is 14.1. The van der Waals surface area contributed by atoms with E-state index in [9.17, 15) is 4.79 Å². The minimum absolute atomic E-state index is 0.195. The Morgan fingerprint density at radius 3 is 2.65 bits per heavy atom. The summed E-state index contributed by atoms with van der Waals surface area (Å²) in [6.45, 7) is 4.37. The predicted molar refractivity (Wildman–Crippen MR) is 79.9 cm³/mol. The zero-order valence-electron chi connectivity index (χ0n) is 11.8. The molecule has 102 valence electrons. The van der Waals surface area contributed by atoms with Crippen molar-refractivity contribution in [2.45, 2.75) is 26.8 Å². The predicted octanol–water partition coefficient (Wildman–Crippen LogP) is 3.31. The standard InChI is InChI=1S/C17H18N2O/c1-3-14(10-18)17(20)19-11-13-5-7-15-8-12(2)4-6-16(15)9-13/h4-9,14H,3,11H2,1-2H3,(H,19,20). The van der Waals surface area contributed by atoms with Crippen LogP contribution < -0.4 is 5.32 Å². The van der Waals surface area contributed by atoms with Gasteiger partial charge in [-0.2, -0.15) is 5.26 Å². The largest absolute Gasteiger partial charge is 0.351 e. The number of carbonyl (C=O) groups is 1. The third kappa shape index (κ3) is 3.16. The molecule has 0 saturated carbocycles. The van der Waals surface area contributed by atoms with Crippen LogP contribution in [0.3, 0.4) is 0 Å². The topological polar surface area (TPSA) is 52.9 Å². The summed E-state index contributed by atoms with van der Waals surface area (Å²) in [4.78, 5) is 11.8. The summed E-state index contributed by atoms with van der Waals surface area (Å²) in [6.07, 6.45) is 0.541. The van der Waals surface area contributed by atoms with Crippen LogP contribution in [0.5, 0.6) is 0 Å². The van der Waals surface area contributed by atoms with E-state index < -0.39 is 5.92 Å². The lowest BCUT2D eigenvalue weighted by Crippen LogP contribution is -2.29. The number of benzene rings is 2. The number of amides is 1. The summed E-state index contributed by atoms with van der Waals surface area (Å²) >= 11 is 0. The first-order valence-corrected chi connectivity index (χ1v) is 6.80. The van der Waals surface area contributed by atoms with Gasteiger partial charge in [-0.15, -0.1) is 0 Å². The van der Waals surface area contributed by atoms with Crippen molar-refractivity contribution in [2.75, 3.05) is 0 Å². The normalized spacial score (nSPS) is 11.8. The molecule has 2 aromatic rings. The lowest BCUT2D eigenvalue weighted by molar-refractivity contribution is -0.123. The quantitative estimate of drug-likeness (QED) is 0.923. The smallest absolute Gasteiger partial charge is 0.237 e. The van der Waals surface area contributed by atoms with Crippen molar-refractivity contribution < 1.29 is 4.79 Å². The number of aryl methyl sites for hydroxylation is 1. The van der Waals surface area contributed by atoms with Crippen LogP contribution in [0.2, 0.25) is 0 Å². The summed E-state index contributed by atoms with van der Waals surface area (Å²) < 4.78 is 0. The van der Waals surface area contributed by atoms with Crippen LogP contribution in [0.15, 0.2) is 36.4 Å². The Morgan fingerprint density at radius 1 is 1.25 bits per heavy atom. The molecule has 0 fully saturated rings. The van der Waals surface area contributed by atoms with Crippen LogP contribution in [0, 0.1) is 24.2 Å². The lowest BCUT2D eigenvalue weighted by atomic mass is 10.0. The number of nitrogens with zero attached hydrogens (tertiary/aromatic N) is 1. The van der Waals surface area contributed by atoms with Gasteiger partial charge in [0.2, 0.25) is 5.91 Å². The molecule has 0 spiro atoms. The maximum Gasteiger partial charge on any atom is 0.237 e. The van der Waals surface area contributed by atoms with Crippen molar-refractivity contribution in [1.29, 1.82) is 5.26 Å². The fourth-order valence-corrected chi connectivity index (χ4v) is 2.17. The number of nitrogens with one attached hydrogen (secondary N) is 1. The molecule has 2 aromatic carbocycles. The van der Waals surface area contributed by atoms with E-state index in [1.54, 1.807) is 0 Å². The Labute approximate surface area is 119 Å². The second-order valence-corrected chi connectivity index (χ2v) is 4.99. The number of rotatable bonds is 4. The molecule has 0 aromatic heterocycles. The molecule has 1 unspecified atom stereocenters. The van der Waals surface area contributed by atoms with Crippen LogP contribution in [0.25, 0.3) is 10.8 Å².